The maximum absolute atomic E-state index is 11.6. The lowest BCUT2D eigenvalue weighted by atomic mass is 10.1. The van der Waals surface area contributed by atoms with Crippen LogP contribution in [0, 0.1) is 5.92 Å². The van der Waals surface area contributed by atoms with Crippen molar-refractivity contribution in [2.45, 2.75) is 26.3 Å². The van der Waals surface area contributed by atoms with Crippen LogP contribution < -0.4 is 11.1 Å². The van der Waals surface area contributed by atoms with Gasteiger partial charge in [-0.1, -0.05) is 6.92 Å². The second-order valence-electron chi connectivity index (χ2n) is 3.58. The molecule has 4 nitrogen and oxygen atoms in total. The van der Waals surface area contributed by atoms with Crippen LogP contribution in [-0.2, 0) is 4.79 Å². The molecule has 5 heteroatoms. The molecule has 2 unspecified atom stereocenters. The van der Waals surface area contributed by atoms with Crippen molar-refractivity contribution in [2.24, 2.45) is 11.7 Å². The third kappa shape index (κ3) is 3.60. The number of nitrogens with two attached hydrogens (primary N) is 1. The lowest BCUT2D eigenvalue weighted by Crippen LogP contribution is -2.32. The fraction of sp³-hybridized carbons (Fsp3) is 0.600. The highest BCUT2D eigenvalue weighted by Gasteiger charge is 2.16. The van der Waals surface area contributed by atoms with Gasteiger partial charge in [-0.3, -0.25) is 4.79 Å². The van der Waals surface area contributed by atoms with Gasteiger partial charge in [0.05, 0.1) is 6.04 Å². The average Bonchev–Trinajstić information content (AvgIpc) is 2.70. The Balaban J connectivity index is 2.44. The molecule has 1 aromatic heterocycles. The molecule has 0 radical (unpaired) electrons. The maximum Gasteiger partial charge on any atom is 0.223 e. The highest BCUT2D eigenvalue weighted by atomic mass is 32.1. The highest BCUT2D eigenvalue weighted by molar-refractivity contribution is 7.09. The van der Waals surface area contributed by atoms with Crippen LogP contribution in [0.1, 0.15) is 31.3 Å². The van der Waals surface area contributed by atoms with Crippen molar-refractivity contribution in [3.63, 3.8) is 0 Å². The molecular formula is C10H17N3OS. The summed E-state index contributed by atoms with van der Waals surface area (Å²) in [4.78, 5) is 15.8. The summed E-state index contributed by atoms with van der Waals surface area (Å²) in [5.74, 6) is 0.0144. The summed E-state index contributed by atoms with van der Waals surface area (Å²) in [7, 11) is 0. The van der Waals surface area contributed by atoms with Gasteiger partial charge in [0.1, 0.15) is 5.01 Å². The van der Waals surface area contributed by atoms with Crippen molar-refractivity contribution in [3.8, 4) is 0 Å². The summed E-state index contributed by atoms with van der Waals surface area (Å²) >= 11 is 1.55. The van der Waals surface area contributed by atoms with E-state index in [4.69, 9.17) is 5.73 Å². The molecule has 1 heterocycles. The smallest absolute Gasteiger partial charge is 0.223 e. The van der Waals surface area contributed by atoms with Crippen LogP contribution in [0.2, 0.25) is 0 Å². The predicted molar refractivity (Wildman–Crippen MR) is 61.5 cm³/mol. The number of amides is 1. The Kier molecular flexibility index (Phi) is 4.71. The fourth-order valence-corrected chi connectivity index (χ4v) is 1.89. The molecule has 0 bridgehead atoms. The van der Waals surface area contributed by atoms with Crippen LogP contribution in [-0.4, -0.2) is 17.4 Å². The maximum atomic E-state index is 11.6. The fourth-order valence-electron chi connectivity index (χ4n) is 1.25. The van der Waals surface area contributed by atoms with Crippen molar-refractivity contribution >= 4 is 17.2 Å². The van der Waals surface area contributed by atoms with Crippen LogP contribution in [0.3, 0.4) is 0 Å². The Morgan fingerprint density at radius 1 is 1.67 bits per heavy atom. The normalized spacial score (nSPS) is 14.6. The van der Waals surface area contributed by atoms with Crippen LogP contribution >= 0.6 is 11.3 Å². The zero-order valence-electron chi connectivity index (χ0n) is 9.06. The van der Waals surface area contributed by atoms with E-state index in [2.05, 4.69) is 10.3 Å². The lowest BCUT2D eigenvalue weighted by molar-refractivity contribution is -0.125. The third-order valence-electron chi connectivity index (χ3n) is 2.23. The second-order valence-corrected chi connectivity index (χ2v) is 4.51. The lowest BCUT2D eigenvalue weighted by Gasteiger charge is -2.15. The van der Waals surface area contributed by atoms with Gasteiger partial charge >= 0.3 is 0 Å². The topological polar surface area (TPSA) is 68.0 Å². The number of carbonyl (C=O) groups excluding carboxylic acids is 1. The largest absolute Gasteiger partial charge is 0.347 e. The number of nitrogens with one attached hydrogen (secondary N) is 1. The molecule has 0 aliphatic rings. The van der Waals surface area contributed by atoms with Crippen molar-refractivity contribution < 1.29 is 4.79 Å². The Hall–Kier alpha value is -0.940. The van der Waals surface area contributed by atoms with E-state index in [0.717, 1.165) is 11.4 Å². The summed E-state index contributed by atoms with van der Waals surface area (Å²) < 4.78 is 0. The Morgan fingerprint density at radius 3 is 2.93 bits per heavy atom. The summed E-state index contributed by atoms with van der Waals surface area (Å²) in [5, 5.41) is 5.76. The van der Waals surface area contributed by atoms with Gasteiger partial charge in [-0.05, 0) is 19.9 Å². The van der Waals surface area contributed by atoms with Gasteiger partial charge < -0.3 is 11.1 Å². The van der Waals surface area contributed by atoms with E-state index in [9.17, 15) is 4.79 Å². The second kappa shape index (κ2) is 5.82. The van der Waals surface area contributed by atoms with Gasteiger partial charge in [-0.2, -0.15) is 0 Å². The zero-order valence-corrected chi connectivity index (χ0v) is 9.88. The van der Waals surface area contributed by atoms with Crippen LogP contribution in [0.5, 0.6) is 0 Å². The number of hydrogen-bond acceptors (Lipinski definition) is 4. The minimum absolute atomic E-state index is 0.0160. The molecule has 1 rings (SSSR count). The van der Waals surface area contributed by atoms with Crippen molar-refractivity contribution in [1.29, 1.82) is 0 Å². The van der Waals surface area contributed by atoms with Crippen molar-refractivity contribution in [1.82, 2.24) is 10.3 Å². The van der Waals surface area contributed by atoms with E-state index in [0.29, 0.717) is 6.54 Å². The number of hydrogen-bond donors (Lipinski definition) is 2. The zero-order chi connectivity index (χ0) is 11.3. The van der Waals surface area contributed by atoms with Gasteiger partial charge in [0, 0.05) is 17.5 Å². The molecule has 0 aliphatic carbocycles. The molecule has 0 saturated heterocycles. The molecule has 0 aliphatic heterocycles. The summed E-state index contributed by atoms with van der Waals surface area (Å²) in [6.45, 7) is 4.36. The molecule has 2 atom stereocenters. The van der Waals surface area contributed by atoms with Crippen LogP contribution in [0.4, 0.5) is 0 Å². The quantitative estimate of drug-likeness (QED) is 0.797. The molecule has 0 aromatic carbocycles. The van der Waals surface area contributed by atoms with E-state index >= 15 is 0 Å². The first-order valence-corrected chi connectivity index (χ1v) is 5.93. The van der Waals surface area contributed by atoms with Gasteiger partial charge in [0.15, 0.2) is 0 Å². The Bertz CT molecular complexity index is 300. The van der Waals surface area contributed by atoms with E-state index in [1.807, 2.05) is 19.2 Å². The first kappa shape index (κ1) is 12.1. The molecule has 3 N–H and O–H groups in total. The highest BCUT2D eigenvalue weighted by Crippen LogP contribution is 2.15. The summed E-state index contributed by atoms with van der Waals surface area (Å²) in [6.07, 6.45) is 2.46. The van der Waals surface area contributed by atoms with E-state index in [-0.39, 0.29) is 17.9 Å². The SMILES string of the molecule is CC(CCN)C(=O)NC(C)c1nccs1. The number of carbonyl (C=O) groups is 1. The monoisotopic (exact) mass is 227 g/mol. The van der Waals surface area contributed by atoms with Crippen molar-refractivity contribution in [3.05, 3.63) is 16.6 Å². The first-order chi connectivity index (χ1) is 7.15. The van der Waals surface area contributed by atoms with Crippen LogP contribution in [0.15, 0.2) is 11.6 Å². The first-order valence-electron chi connectivity index (χ1n) is 5.05. The minimum Gasteiger partial charge on any atom is -0.347 e. The Labute approximate surface area is 93.9 Å². The van der Waals surface area contributed by atoms with Gasteiger partial charge in [0.25, 0.3) is 0 Å². The van der Waals surface area contributed by atoms with Gasteiger partial charge in [-0.15, -0.1) is 11.3 Å². The molecule has 84 valence electrons. The molecule has 0 spiro atoms. The molecular weight excluding hydrogens is 210 g/mol. The van der Waals surface area contributed by atoms with Gasteiger partial charge in [-0.25, -0.2) is 4.98 Å². The number of thiazole rings is 1. The average molecular weight is 227 g/mol. The number of nitrogens with zero attached hydrogens (tertiary/aromatic N) is 1. The van der Waals surface area contributed by atoms with E-state index < -0.39 is 0 Å². The Morgan fingerprint density at radius 2 is 2.40 bits per heavy atom. The van der Waals surface area contributed by atoms with Crippen LogP contribution in [0.25, 0.3) is 0 Å². The van der Waals surface area contributed by atoms with E-state index in [1.165, 1.54) is 0 Å². The third-order valence-corrected chi connectivity index (χ3v) is 3.19. The van der Waals surface area contributed by atoms with Gasteiger partial charge in [0.2, 0.25) is 5.91 Å². The number of rotatable bonds is 5. The standard InChI is InChI=1S/C10H17N3OS/c1-7(3-4-11)9(14)13-8(2)10-12-5-6-15-10/h5-8H,3-4,11H2,1-2H3,(H,13,14). The minimum atomic E-state index is -0.0302. The number of aromatic nitrogens is 1. The molecule has 1 amide bonds. The molecule has 15 heavy (non-hydrogen) atoms. The summed E-state index contributed by atoms with van der Waals surface area (Å²) in [5.41, 5.74) is 5.40. The molecule has 0 saturated carbocycles. The summed E-state index contributed by atoms with van der Waals surface area (Å²) in [6, 6.07) is -0.0160. The van der Waals surface area contributed by atoms with E-state index in [1.54, 1.807) is 17.5 Å². The molecule has 0 fully saturated rings. The van der Waals surface area contributed by atoms with Crippen molar-refractivity contribution in [2.75, 3.05) is 6.54 Å². The molecule has 1 aromatic rings. The predicted octanol–water partition coefficient (Wildman–Crippen LogP) is 1.31.